The first-order valence-electron chi connectivity index (χ1n) is 8.34. The third-order valence-electron chi connectivity index (χ3n) is 4.35. The van der Waals surface area contributed by atoms with Crippen LogP contribution < -0.4 is 14.4 Å². The smallest absolute Gasteiger partial charge is 0.231 e. The van der Waals surface area contributed by atoms with Crippen LogP contribution in [0.3, 0.4) is 0 Å². The molecular weight excluding hydrogens is 318 g/mol. The molecule has 4 rings (SSSR count). The Morgan fingerprint density at radius 3 is 2.52 bits per heavy atom. The largest absolute Gasteiger partial charge is 0.454 e. The van der Waals surface area contributed by atoms with Gasteiger partial charge in [0, 0.05) is 24.3 Å². The van der Waals surface area contributed by atoms with Crippen molar-refractivity contribution in [3.8, 4) is 11.5 Å². The monoisotopic (exact) mass is 337 g/mol. The molecule has 5 nitrogen and oxygen atoms in total. The zero-order valence-electron chi connectivity index (χ0n) is 13.8. The van der Waals surface area contributed by atoms with Gasteiger partial charge in [0.1, 0.15) is 0 Å². The van der Waals surface area contributed by atoms with Crippen LogP contribution in [-0.2, 0) is 4.74 Å². The Hall–Kier alpha value is -2.79. The van der Waals surface area contributed by atoms with E-state index in [1.54, 1.807) is 24.3 Å². The molecule has 0 amide bonds. The Labute approximate surface area is 146 Å². The SMILES string of the molecule is O=C(C=Cc1ccc(N2CCOCC2)cc1)c1ccc2c(c1)OCO2. The number of ketones is 1. The van der Waals surface area contributed by atoms with Gasteiger partial charge in [-0.25, -0.2) is 0 Å². The van der Waals surface area contributed by atoms with Gasteiger partial charge < -0.3 is 19.1 Å². The molecule has 0 aliphatic carbocycles. The molecule has 0 bridgehead atoms. The van der Waals surface area contributed by atoms with E-state index in [0.717, 1.165) is 31.9 Å². The molecule has 1 saturated heterocycles. The number of allylic oxidation sites excluding steroid dienone is 1. The summed E-state index contributed by atoms with van der Waals surface area (Å²) in [5.41, 5.74) is 2.76. The first-order chi connectivity index (χ1) is 12.3. The van der Waals surface area contributed by atoms with E-state index >= 15 is 0 Å². The molecule has 2 aliphatic rings. The molecule has 0 saturated carbocycles. The molecule has 0 atom stereocenters. The van der Waals surface area contributed by atoms with Crippen molar-refractivity contribution in [3.05, 3.63) is 59.7 Å². The van der Waals surface area contributed by atoms with Crippen LogP contribution in [0.2, 0.25) is 0 Å². The summed E-state index contributed by atoms with van der Waals surface area (Å²) in [5.74, 6) is 1.24. The van der Waals surface area contributed by atoms with Crippen LogP contribution in [0.25, 0.3) is 6.08 Å². The van der Waals surface area contributed by atoms with Gasteiger partial charge in [0.25, 0.3) is 0 Å². The van der Waals surface area contributed by atoms with Crippen molar-refractivity contribution in [2.45, 2.75) is 0 Å². The molecule has 0 N–H and O–H groups in total. The Kier molecular flexibility index (Phi) is 4.39. The van der Waals surface area contributed by atoms with Crippen LogP contribution in [0.5, 0.6) is 11.5 Å². The van der Waals surface area contributed by atoms with Crippen molar-refractivity contribution in [3.63, 3.8) is 0 Å². The van der Waals surface area contributed by atoms with E-state index in [1.165, 1.54) is 5.69 Å². The summed E-state index contributed by atoms with van der Waals surface area (Å²) >= 11 is 0. The molecule has 0 spiro atoms. The van der Waals surface area contributed by atoms with Crippen molar-refractivity contribution in [1.29, 1.82) is 0 Å². The summed E-state index contributed by atoms with van der Waals surface area (Å²) in [7, 11) is 0. The Morgan fingerprint density at radius 1 is 0.960 bits per heavy atom. The number of ether oxygens (including phenoxy) is 3. The minimum absolute atomic E-state index is 0.0597. The van der Waals surface area contributed by atoms with Crippen LogP contribution in [-0.4, -0.2) is 38.9 Å². The van der Waals surface area contributed by atoms with Crippen LogP contribution in [0.15, 0.2) is 48.5 Å². The molecule has 25 heavy (non-hydrogen) atoms. The molecule has 2 aromatic rings. The normalized spacial score (nSPS) is 16.4. The fraction of sp³-hybridized carbons (Fsp3) is 0.250. The highest BCUT2D eigenvalue weighted by atomic mass is 16.7. The van der Waals surface area contributed by atoms with Gasteiger partial charge in [-0.05, 0) is 42.0 Å². The number of carbonyl (C=O) groups is 1. The van der Waals surface area contributed by atoms with E-state index in [9.17, 15) is 4.79 Å². The van der Waals surface area contributed by atoms with Gasteiger partial charge in [0.15, 0.2) is 17.3 Å². The number of hydrogen-bond donors (Lipinski definition) is 0. The van der Waals surface area contributed by atoms with Crippen LogP contribution in [0, 0.1) is 0 Å². The number of fused-ring (bicyclic) bond motifs is 1. The van der Waals surface area contributed by atoms with E-state index in [4.69, 9.17) is 14.2 Å². The van der Waals surface area contributed by atoms with Crippen molar-refractivity contribution in [2.24, 2.45) is 0 Å². The van der Waals surface area contributed by atoms with Crippen LogP contribution in [0.4, 0.5) is 5.69 Å². The highest BCUT2D eigenvalue weighted by Gasteiger charge is 2.15. The van der Waals surface area contributed by atoms with Crippen LogP contribution in [0.1, 0.15) is 15.9 Å². The predicted molar refractivity (Wildman–Crippen MR) is 95.4 cm³/mol. The molecule has 2 aliphatic heterocycles. The first-order valence-corrected chi connectivity index (χ1v) is 8.34. The van der Waals surface area contributed by atoms with Crippen molar-refractivity contribution in [1.82, 2.24) is 0 Å². The summed E-state index contributed by atoms with van der Waals surface area (Å²) in [6.45, 7) is 3.57. The molecular formula is C20H19NO4. The number of morpholine rings is 1. The third kappa shape index (κ3) is 3.51. The molecule has 2 aromatic carbocycles. The molecule has 0 radical (unpaired) electrons. The van der Waals surface area contributed by atoms with E-state index in [0.29, 0.717) is 17.1 Å². The lowest BCUT2D eigenvalue weighted by Gasteiger charge is -2.28. The average molecular weight is 337 g/mol. The van der Waals surface area contributed by atoms with Crippen LogP contribution >= 0.6 is 0 Å². The van der Waals surface area contributed by atoms with Gasteiger partial charge >= 0.3 is 0 Å². The number of benzene rings is 2. The van der Waals surface area contributed by atoms with E-state index < -0.39 is 0 Å². The summed E-state index contributed by atoms with van der Waals surface area (Å²) in [6.07, 6.45) is 3.41. The molecule has 1 fully saturated rings. The van der Waals surface area contributed by atoms with Gasteiger partial charge in [-0.1, -0.05) is 18.2 Å². The maximum absolute atomic E-state index is 12.3. The van der Waals surface area contributed by atoms with Crippen molar-refractivity contribution < 1.29 is 19.0 Å². The second kappa shape index (κ2) is 6.99. The summed E-state index contributed by atoms with van der Waals surface area (Å²) in [6, 6.07) is 13.4. The Balaban J connectivity index is 1.43. The van der Waals surface area contributed by atoms with E-state index in [1.807, 2.05) is 18.2 Å². The lowest BCUT2D eigenvalue weighted by molar-refractivity contribution is 0.104. The highest BCUT2D eigenvalue weighted by Crippen LogP contribution is 2.32. The molecule has 128 valence electrons. The van der Waals surface area contributed by atoms with E-state index in [-0.39, 0.29) is 12.6 Å². The molecule has 0 unspecified atom stereocenters. The topological polar surface area (TPSA) is 48.0 Å². The second-order valence-corrected chi connectivity index (χ2v) is 5.96. The number of rotatable bonds is 4. The Morgan fingerprint density at radius 2 is 1.72 bits per heavy atom. The third-order valence-corrected chi connectivity index (χ3v) is 4.35. The standard InChI is InChI=1S/C20H19NO4/c22-18(16-4-8-19-20(13-16)25-14-24-19)7-3-15-1-5-17(6-2-15)21-9-11-23-12-10-21/h1-8,13H,9-12,14H2. The summed E-state index contributed by atoms with van der Waals surface area (Å²) < 4.78 is 15.9. The van der Waals surface area contributed by atoms with Gasteiger partial charge in [0.05, 0.1) is 13.2 Å². The lowest BCUT2D eigenvalue weighted by Crippen LogP contribution is -2.36. The Bertz CT molecular complexity index is 792. The maximum Gasteiger partial charge on any atom is 0.231 e. The molecule has 2 heterocycles. The molecule has 0 aromatic heterocycles. The quantitative estimate of drug-likeness (QED) is 0.634. The number of anilines is 1. The predicted octanol–water partition coefficient (Wildman–Crippen LogP) is 3.15. The average Bonchev–Trinajstić information content (AvgIpc) is 3.15. The number of hydrogen-bond acceptors (Lipinski definition) is 5. The van der Waals surface area contributed by atoms with E-state index in [2.05, 4.69) is 17.0 Å². The number of nitrogens with zero attached hydrogens (tertiary/aromatic N) is 1. The maximum atomic E-state index is 12.3. The fourth-order valence-electron chi connectivity index (χ4n) is 2.94. The van der Waals surface area contributed by atoms with Crippen molar-refractivity contribution >= 4 is 17.5 Å². The molecule has 5 heteroatoms. The summed E-state index contributed by atoms with van der Waals surface area (Å²) in [4.78, 5) is 14.6. The van der Waals surface area contributed by atoms with Gasteiger partial charge in [-0.2, -0.15) is 0 Å². The zero-order valence-corrected chi connectivity index (χ0v) is 13.8. The zero-order chi connectivity index (χ0) is 17.1. The lowest BCUT2D eigenvalue weighted by atomic mass is 10.1. The fourth-order valence-corrected chi connectivity index (χ4v) is 2.94. The van der Waals surface area contributed by atoms with Crippen molar-refractivity contribution in [2.75, 3.05) is 38.0 Å². The first kappa shape index (κ1) is 15.7. The van der Waals surface area contributed by atoms with Gasteiger partial charge in [-0.15, -0.1) is 0 Å². The van der Waals surface area contributed by atoms with Gasteiger partial charge in [-0.3, -0.25) is 4.79 Å². The van der Waals surface area contributed by atoms with Gasteiger partial charge in [0.2, 0.25) is 6.79 Å². The minimum Gasteiger partial charge on any atom is -0.454 e. The second-order valence-electron chi connectivity index (χ2n) is 5.96. The summed E-state index contributed by atoms with van der Waals surface area (Å²) in [5, 5.41) is 0. The highest BCUT2D eigenvalue weighted by molar-refractivity contribution is 6.07. The number of carbonyl (C=O) groups excluding carboxylic acids is 1. The minimum atomic E-state index is -0.0597.